The van der Waals surface area contributed by atoms with Crippen LogP contribution in [-0.2, 0) is 9.53 Å². The second-order valence-electron chi connectivity index (χ2n) is 5.58. The van der Waals surface area contributed by atoms with E-state index < -0.39 is 0 Å². The van der Waals surface area contributed by atoms with Gasteiger partial charge in [-0.25, -0.2) is 0 Å². The van der Waals surface area contributed by atoms with E-state index >= 15 is 0 Å². The van der Waals surface area contributed by atoms with Gasteiger partial charge < -0.3 is 4.74 Å². The SMILES string of the molecule is CC(=O)C1=C(C)O[C@]2(C=C1)C[C@H]2c1ccc(C)cc1. The van der Waals surface area contributed by atoms with Crippen molar-refractivity contribution in [1.82, 2.24) is 0 Å². The minimum absolute atomic E-state index is 0.0659. The van der Waals surface area contributed by atoms with Gasteiger partial charge >= 0.3 is 0 Å². The van der Waals surface area contributed by atoms with Crippen LogP contribution in [0.1, 0.15) is 37.3 Å². The number of carbonyl (C=O) groups excluding carboxylic acids is 1. The molecule has 98 valence electrons. The molecule has 2 atom stereocenters. The van der Waals surface area contributed by atoms with E-state index in [-0.39, 0.29) is 11.4 Å². The number of aryl methyl sites for hydroxylation is 1. The highest BCUT2D eigenvalue weighted by molar-refractivity contribution is 5.96. The lowest BCUT2D eigenvalue weighted by atomic mass is 10.0. The molecule has 2 heteroatoms. The quantitative estimate of drug-likeness (QED) is 0.805. The summed E-state index contributed by atoms with van der Waals surface area (Å²) in [7, 11) is 0. The number of benzene rings is 1. The van der Waals surface area contributed by atoms with E-state index in [1.165, 1.54) is 11.1 Å². The van der Waals surface area contributed by atoms with Crippen molar-refractivity contribution in [3.63, 3.8) is 0 Å². The molecule has 2 nitrogen and oxygen atoms in total. The van der Waals surface area contributed by atoms with E-state index in [0.29, 0.717) is 11.5 Å². The van der Waals surface area contributed by atoms with Gasteiger partial charge in [0.15, 0.2) is 5.78 Å². The monoisotopic (exact) mass is 254 g/mol. The third-order valence-corrected chi connectivity index (χ3v) is 4.07. The Labute approximate surface area is 113 Å². The van der Waals surface area contributed by atoms with E-state index in [1.54, 1.807) is 6.92 Å². The Balaban J connectivity index is 1.82. The smallest absolute Gasteiger partial charge is 0.163 e. The van der Waals surface area contributed by atoms with Crippen molar-refractivity contribution in [3.05, 3.63) is 58.9 Å². The van der Waals surface area contributed by atoms with E-state index in [4.69, 9.17) is 4.74 Å². The van der Waals surface area contributed by atoms with Crippen LogP contribution in [0.5, 0.6) is 0 Å². The molecule has 1 fully saturated rings. The number of ether oxygens (including phenoxy) is 1. The molecule has 0 aromatic heterocycles. The fourth-order valence-corrected chi connectivity index (χ4v) is 2.84. The van der Waals surface area contributed by atoms with Gasteiger partial charge in [0.1, 0.15) is 11.4 Å². The average molecular weight is 254 g/mol. The molecule has 1 aliphatic heterocycles. The molecule has 19 heavy (non-hydrogen) atoms. The van der Waals surface area contributed by atoms with Crippen molar-refractivity contribution in [1.29, 1.82) is 0 Å². The Morgan fingerprint density at radius 1 is 1.26 bits per heavy atom. The molecular weight excluding hydrogens is 236 g/mol. The van der Waals surface area contributed by atoms with Crippen molar-refractivity contribution in [3.8, 4) is 0 Å². The first kappa shape index (κ1) is 12.2. The van der Waals surface area contributed by atoms with Crippen LogP contribution in [0.2, 0.25) is 0 Å². The molecular formula is C17H18O2. The Kier molecular flexibility index (Phi) is 2.63. The Hall–Kier alpha value is -1.83. The maximum Gasteiger partial charge on any atom is 0.163 e. The maximum absolute atomic E-state index is 11.4. The zero-order valence-electron chi connectivity index (χ0n) is 11.6. The molecule has 0 unspecified atom stereocenters. The normalized spacial score (nSPS) is 28.5. The van der Waals surface area contributed by atoms with Gasteiger partial charge in [0.05, 0.1) is 5.57 Å². The van der Waals surface area contributed by atoms with Crippen LogP contribution in [0, 0.1) is 6.92 Å². The first-order valence-electron chi connectivity index (χ1n) is 6.68. The zero-order valence-corrected chi connectivity index (χ0v) is 11.6. The number of carbonyl (C=O) groups is 1. The number of hydrogen-bond donors (Lipinski definition) is 0. The lowest BCUT2D eigenvalue weighted by Gasteiger charge is -2.22. The second kappa shape index (κ2) is 4.09. The van der Waals surface area contributed by atoms with Gasteiger partial charge in [-0.3, -0.25) is 4.79 Å². The molecule has 1 saturated carbocycles. The molecule has 1 aromatic carbocycles. The van der Waals surface area contributed by atoms with E-state index in [0.717, 1.165) is 12.2 Å². The summed E-state index contributed by atoms with van der Waals surface area (Å²) in [6.07, 6.45) is 4.98. The highest BCUT2D eigenvalue weighted by atomic mass is 16.5. The van der Waals surface area contributed by atoms with Crippen molar-refractivity contribution < 1.29 is 9.53 Å². The van der Waals surface area contributed by atoms with Crippen molar-refractivity contribution in [2.24, 2.45) is 0 Å². The molecule has 0 N–H and O–H groups in total. The molecule has 3 rings (SSSR count). The van der Waals surface area contributed by atoms with Crippen LogP contribution >= 0.6 is 0 Å². The van der Waals surface area contributed by atoms with Crippen LogP contribution in [0.3, 0.4) is 0 Å². The number of ketones is 1. The van der Waals surface area contributed by atoms with Gasteiger partial charge in [-0.2, -0.15) is 0 Å². The number of Topliss-reactive ketones (excluding diaryl/α,β-unsaturated/α-hetero) is 1. The van der Waals surface area contributed by atoms with E-state index in [2.05, 4.69) is 37.3 Å². The molecule has 1 heterocycles. The van der Waals surface area contributed by atoms with Gasteiger partial charge in [0.2, 0.25) is 0 Å². The number of allylic oxidation sites excluding steroid dienone is 3. The first-order valence-corrected chi connectivity index (χ1v) is 6.68. The van der Waals surface area contributed by atoms with Gasteiger partial charge in [0, 0.05) is 12.3 Å². The maximum atomic E-state index is 11.4. The molecule has 1 aromatic rings. The van der Waals surface area contributed by atoms with Crippen LogP contribution in [0.15, 0.2) is 47.7 Å². The topological polar surface area (TPSA) is 26.3 Å². The van der Waals surface area contributed by atoms with Crippen LogP contribution in [0.25, 0.3) is 0 Å². The third kappa shape index (κ3) is 2.01. The number of rotatable bonds is 2. The van der Waals surface area contributed by atoms with E-state index in [1.807, 2.05) is 13.0 Å². The number of hydrogen-bond acceptors (Lipinski definition) is 2. The van der Waals surface area contributed by atoms with Crippen LogP contribution in [-0.4, -0.2) is 11.4 Å². The molecule has 0 amide bonds. The Morgan fingerprint density at radius 2 is 1.95 bits per heavy atom. The minimum atomic E-state index is -0.210. The van der Waals surface area contributed by atoms with Crippen molar-refractivity contribution >= 4 is 5.78 Å². The third-order valence-electron chi connectivity index (χ3n) is 4.07. The second-order valence-corrected chi connectivity index (χ2v) is 5.58. The van der Waals surface area contributed by atoms with Crippen molar-refractivity contribution in [2.45, 2.75) is 38.7 Å². The molecule has 0 radical (unpaired) electrons. The summed E-state index contributed by atoms with van der Waals surface area (Å²) in [6.45, 7) is 5.55. The fourth-order valence-electron chi connectivity index (χ4n) is 2.84. The summed E-state index contributed by atoms with van der Waals surface area (Å²) in [5, 5.41) is 0. The van der Waals surface area contributed by atoms with Crippen molar-refractivity contribution in [2.75, 3.05) is 0 Å². The molecule has 1 spiro atoms. The standard InChI is InChI=1S/C17H18O2/c1-11-4-6-14(7-5-11)16-10-17(16)9-8-15(12(2)18)13(3)19-17/h4-9,16H,10H2,1-3H3/t16-,17+/m0/s1. The summed E-state index contributed by atoms with van der Waals surface area (Å²) in [4.78, 5) is 11.4. The average Bonchev–Trinajstić information content (AvgIpc) is 3.03. The van der Waals surface area contributed by atoms with Crippen LogP contribution < -0.4 is 0 Å². The lowest BCUT2D eigenvalue weighted by molar-refractivity contribution is -0.113. The summed E-state index contributed by atoms with van der Waals surface area (Å²) in [5.74, 6) is 1.23. The highest BCUT2D eigenvalue weighted by Gasteiger charge is 2.57. The van der Waals surface area contributed by atoms with Crippen LogP contribution in [0.4, 0.5) is 0 Å². The fraction of sp³-hybridized carbons (Fsp3) is 0.353. The summed E-state index contributed by atoms with van der Waals surface area (Å²) < 4.78 is 6.03. The zero-order chi connectivity index (χ0) is 13.6. The molecule has 0 saturated heterocycles. The molecule has 1 aliphatic carbocycles. The Morgan fingerprint density at radius 3 is 2.53 bits per heavy atom. The van der Waals surface area contributed by atoms with Gasteiger partial charge in [0.25, 0.3) is 0 Å². The van der Waals surface area contributed by atoms with Gasteiger partial charge in [-0.05, 0) is 38.5 Å². The van der Waals surface area contributed by atoms with Gasteiger partial charge in [-0.1, -0.05) is 29.8 Å². The lowest BCUT2D eigenvalue weighted by Crippen LogP contribution is -2.18. The molecule has 2 aliphatic rings. The first-order chi connectivity index (χ1) is 9.02. The predicted molar refractivity (Wildman–Crippen MR) is 74.9 cm³/mol. The van der Waals surface area contributed by atoms with E-state index in [9.17, 15) is 4.79 Å². The molecule has 0 bridgehead atoms. The van der Waals surface area contributed by atoms with Gasteiger partial charge in [-0.15, -0.1) is 0 Å². The summed E-state index contributed by atoms with van der Waals surface area (Å²) in [6, 6.07) is 8.62. The predicted octanol–water partition coefficient (Wildman–Crippen LogP) is 3.67. The summed E-state index contributed by atoms with van der Waals surface area (Å²) >= 11 is 0. The Bertz CT molecular complexity index is 592. The largest absolute Gasteiger partial charge is 0.486 e. The minimum Gasteiger partial charge on any atom is -0.486 e. The summed E-state index contributed by atoms with van der Waals surface area (Å²) in [5.41, 5.74) is 3.07. The highest BCUT2D eigenvalue weighted by Crippen LogP contribution is 2.57.